The second-order valence-electron chi connectivity index (χ2n) is 3.06. The highest BCUT2D eigenvalue weighted by Crippen LogP contribution is 2.15. The Kier molecular flexibility index (Phi) is 2.63. The number of nitrogens with zero attached hydrogens (tertiary/aromatic N) is 1. The van der Waals surface area contributed by atoms with Gasteiger partial charge < -0.3 is 0 Å². The van der Waals surface area contributed by atoms with Crippen molar-refractivity contribution >= 4 is 5.71 Å². The van der Waals surface area contributed by atoms with E-state index in [1.807, 2.05) is 0 Å². The molecule has 0 unspecified atom stereocenters. The fourth-order valence-corrected chi connectivity index (χ4v) is 0.733. The van der Waals surface area contributed by atoms with Crippen LogP contribution in [0.15, 0.2) is 17.6 Å². The van der Waals surface area contributed by atoms with Gasteiger partial charge >= 0.3 is 0 Å². The second kappa shape index (κ2) is 2.81. The molecule has 9 heavy (non-hydrogen) atoms. The summed E-state index contributed by atoms with van der Waals surface area (Å²) in [6.45, 7) is 10.0. The van der Waals surface area contributed by atoms with E-state index in [1.165, 1.54) is 0 Å². The van der Waals surface area contributed by atoms with Crippen molar-refractivity contribution in [3.8, 4) is 0 Å². The van der Waals surface area contributed by atoms with Gasteiger partial charge in [-0.15, -0.1) is 0 Å². The summed E-state index contributed by atoms with van der Waals surface area (Å²) in [6.07, 6.45) is 1.81. The molecule has 0 aliphatic carbocycles. The first-order valence-electron chi connectivity index (χ1n) is 3.12. The first kappa shape index (κ1) is 8.41. The van der Waals surface area contributed by atoms with Crippen LogP contribution in [-0.2, 0) is 0 Å². The maximum Gasteiger partial charge on any atom is 0.0392 e. The molecule has 0 N–H and O–H groups in total. The third kappa shape index (κ3) is 2.45. The highest BCUT2D eigenvalue weighted by Gasteiger charge is 2.13. The minimum absolute atomic E-state index is 0.149. The zero-order valence-electron chi connectivity index (χ0n) is 6.73. The van der Waals surface area contributed by atoms with E-state index in [2.05, 4.69) is 32.3 Å². The number of hydrogen-bond donors (Lipinski definition) is 0. The monoisotopic (exact) mass is 125 g/mol. The smallest absolute Gasteiger partial charge is 0.0392 e. The van der Waals surface area contributed by atoms with Crippen LogP contribution in [0.4, 0.5) is 0 Å². The van der Waals surface area contributed by atoms with Gasteiger partial charge in [0.25, 0.3) is 0 Å². The second-order valence-corrected chi connectivity index (χ2v) is 3.06. The van der Waals surface area contributed by atoms with E-state index in [0.29, 0.717) is 0 Å². The van der Waals surface area contributed by atoms with Crippen LogP contribution in [0.5, 0.6) is 0 Å². The SMILES string of the molecule is C=C/C(=N\C)C(C)(C)C. The lowest BCUT2D eigenvalue weighted by atomic mass is 9.90. The molecule has 0 bridgehead atoms. The average molecular weight is 125 g/mol. The molecule has 0 fully saturated rings. The first-order valence-corrected chi connectivity index (χ1v) is 3.12. The summed E-state index contributed by atoms with van der Waals surface area (Å²) in [5.74, 6) is 0. The molecule has 0 radical (unpaired) electrons. The Balaban J connectivity index is 4.32. The quantitative estimate of drug-likeness (QED) is 0.477. The third-order valence-corrected chi connectivity index (χ3v) is 1.20. The molecular formula is C8H15N. The highest BCUT2D eigenvalue weighted by atomic mass is 14.7. The molecule has 0 heterocycles. The summed E-state index contributed by atoms with van der Waals surface area (Å²) in [5, 5.41) is 0. The van der Waals surface area contributed by atoms with Crippen LogP contribution >= 0.6 is 0 Å². The van der Waals surface area contributed by atoms with Crippen molar-refractivity contribution in [3.05, 3.63) is 12.7 Å². The zero-order valence-corrected chi connectivity index (χ0v) is 6.73. The van der Waals surface area contributed by atoms with Gasteiger partial charge in [-0.25, -0.2) is 0 Å². The molecule has 0 rings (SSSR count). The van der Waals surface area contributed by atoms with Crippen LogP contribution in [-0.4, -0.2) is 12.8 Å². The summed E-state index contributed by atoms with van der Waals surface area (Å²) < 4.78 is 0. The summed E-state index contributed by atoms with van der Waals surface area (Å²) in [5.41, 5.74) is 1.21. The van der Waals surface area contributed by atoms with Gasteiger partial charge in [-0.2, -0.15) is 0 Å². The Morgan fingerprint density at radius 2 is 1.89 bits per heavy atom. The largest absolute Gasteiger partial charge is 0.293 e. The van der Waals surface area contributed by atoms with Gasteiger partial charge in [0.05, 0.1) is 0 Å². The molecular weight excluding hydrogens is 110 g/mol. The van der Waals surface area contributed by atoms with Crippen LogP contribution in [0.2, 0.25) is 0 Å². The summed E-state index contributed by atoms with van der Waals surface area (Å²) >= 11 is 0. The van der Waals surface area contributed by atoms with Crippen molar-refractivity contribution in [2.75, 3.05) is 7.05 Å². The summed E-state index contributed by atoms with van der Waals surface area (Å²) in [6, 6.07) is 0. The Bertz CT molecular complexity index is 126. The molecule has 0 aliphatic rings. The Morgan fingerprint density at radius 1 is 1.44 bits per heavy atom. The van der Waals surface area contributed by atoms with Gasteiger partial charge in [-0.3, -0.25) is 4.99 Å². The molecule has 0 spiro atoms. The average Bonchev–Trinajstić information content (AvgIpc) is 1.65. The number of allylic oxidation sites excluding steroid dienone is 1. The molecule has 0 aromatic heterocycles. The number of hydrogen-bond acceptors (Lipinski definition) is 1. The third-order valence-electron chi connectivity index (χ3n) is 1.20. The van der Waals surface area contributed by atoms with E-state index in [9.17, 15) is 0 Å². The molecule has 1 heteroatoms. The molecule has 1 nitrogen and oxygen atoms in total. The molecule has 52 valence electrons. The van der Waals surface area contributed by atoms with E-state index in [-0.39, 0.29) is 5.41 Å². The van der Waals surface area contributed by atoms with Crippen molar-refractivity contribution in [3.63, 3.8) is 0 Å². The van der Waals surface area contributed by atoms with Crippen molar-refractivity contribution in [2.24, 2.45) is 10.4 Å². The van der Waals surface area contributed by atoms with Gasteiger partial charge in [-0.1, -0.05) is 27.4 Å². The molecule has 0 saturated carbocycles. The standard InChI is InChI=1S/C8H15N/c1-6-7(9-5)8(2,3)4/h6H,1H2,2-5H3/b9-7+. The van der Waals surface area contributed by atoms with Crippen LogP contribution < -0.4 is 0 Å². The van der Waals surface area contributed by atoms with E-state index in [4.69, 9.17) is 0 Å². The maximum atomic E-state index is 4.08. The number of aliphatic imine (C=N–C) groups is 1. The van der Waals surface area contributed by atoms with E-state index in [1.54, 1.807) is 13.1 Å². The Labute approximate surface area is 57.5 Å². The van der Waals surface area contributed by atoms with Crippen LogP contribution in [0.3, 0.4) is 0 Å². The molecule has 0 atom stereocenters. The Hall–Kier alpha value is -0.590. The van der Waals surface area contributed by atoms with Gasteiger partial charge in [0.1, 0.15) is 0 Å². The molecule has 0 aromatic carbocycles. The Morgan fingerprint density at radius 3 is 1.89 bits per heavy atom. The maximum absolute atomic E-state index is 4.08. The van der Waals surface area contributed by atoms with E-state index in [0.717, 1.165) is 5.71 Å². The number of rotatable bonds is 1. The first-order chi connectivity index (χ1) is 4.02. The van der Waals surface area contributed by atoms with Crippen LogP contribution in [0.1, 0.15) is 20.8 Å². The predicted octanol–water partition coefficient (Wildman–Crippen LogP) is 2.29. The van der Waals surface area contributed by atoms with Crippen LogP contribution in [0, 0.1) is 5.41 Å². The van der Waals surface area contributed by atoms with Gasteiger partial charge in [0, 0.05) is 18.2 Å². The fourth-order valence-electron chi connectivity index (χ4n) is 0.733. The molecule has 0 amide bonds. The van der Waals surface area contributed by atoms with Crippen molar-refractivity contribution < 1.29 is 0 Å². The lowest BCUT2D eigenvalue weighted by molar-refractivity contribution is 0.593. The summed E-state index contributed by atoms with van der Waals surface area (Å²) in [7, 11) is 1.79. The molecule has 0 aliphatic heterocycles. The van der Waals surface area contributed by atoms with Crippen molar-refractivity contribution in [1.82, 2.24) is 0 Å². The minimum Gasteiger partial charge on any atom is -0.293 e. The van der Waals surface area contributed by atoms with Gasteiger partial charge in [-0.05, 0) is 6.08 Å². The summed E-state index contributed by atoms with van der Waals surface area (Å²) in [4.78, 5) is 4.08. The van der Waals surface area contributed by atoms with Crippen molar-refractivity contribution in [1.29, 1.82) is 0 Å². The molecule has 0 saturated heterocycles. The van der Waals surface area contributed by atoms with E-state index >= 15 is 0 Å². The minimum atomic E-state index is 0.149. The normalized spacial score (nSPS) is 13.6. The fraction of sp³-hybridized carbons (Fsp3) is 0.625. The lowest BCUT2D eigenvalue weighted by Gasteiger charge is -2.17. The predicted molar refractivity (Wildman–Crippen MR) is 43.0 cm³/mol. The van der Waals surface area contributed by atoms with E-state index < -0.39 is 0 Å². The lowest BCUT2D eigenvalue weighted by Crippen LogP contribution is -2.17. The zero-order chi connectivity index (χ0) is 7.49. The van der Waals surface area contributed by atoms with Gasteiger partial charge in [0.15, 0.2) is 0 Å². The van der Waals surface area contributed by atoms with Crippen LogP contribution in [0.25, 0.3) is 0 Å². The molecule has 0 aromatic rings. The van der Waals surface area contributed by atoms with Crippen molar-refractivity contribution in [2.45, 2.75) is 20.8 Å². The van der Waals surface area contributed by atoms with Gasteiger partial charge in [0.2, 0.25) is 0 Å². The topological polar surface area (TPSA) is 12.4 Å². The highest BCUT2D eigenvalue weighted by molar-refractivity contribution is 5.98.